The van der Waals surface area contributed by atoms with E-state index in [4.69, 9.17) is 4.74 Å². The molecule has 1 aliphatic heterocycles. The SMILES string of the molecule is CN=C(NCc1cccc(C(=O)NCC2CCCO2)c1)NCC(C)c1ccc(C)cc1. The summed E-state index contributed by atoms with van der Waals surface area (Å²) in [6, 6.07) is 16.3. The van der Waals surface area contributed by atoms with Gasteiger partial charge in [0.05, 0.1) is 6.10 Å². The average Bonchev–Trinajstić information content (AvgIpc) is 3.32. The lowest BCUT2D eigenvalue weighted by Crippen LogP contribution is -2.38. The third-order valence-electron chi connectivity index (χ3n) is 5.61. The first-order chi connectivity index (χ1) is 15.0. The fourth-order valence-corrected chi connectivity index (χ4v) is 3.61. The van der Waals surface area contributed by atoms with Gasteiger partial charge < -0.3 is 20.7 Å². The van der Waals surface area contributed by atoms with Gasteiger partial charge in [-0.05, 0) is 48.9 Å². The Hall–Kier alpha value is -2.86. The van der Waals surface area contributed by atoms with Crippen LogP contribution in [0.4, 0.5) is 0 Å². The van der Waals surface area contributed by atoms with E-state index in [9.17, 15) is 4.79 Å². The number of rotatable bonds is 8. The topological polar surface area (TPSA) is 74.8 Å². The molecule has 6 nitrogen and oxygen atoms in total. The second-order valence-corrected chi connectivity index (χ2v) is 8.16. The van der Waals surface area contributed by atoms with Crippen molar-refractivity contribution in [3.63, 3.8) is 0 Å². The molecule has 1 fully saturated rings. The molecule has 2 unspecified atom stereocenters. The van der Waals surface area contributed by atoms with Crippen LogP contribution >= 0.6 is 0 Å². The Morgan fingerprint density at radius 3 is 2.68 bits per heavy atom. The van der Waals surface area contributed by atoms with E-state index in [-0.39, 0.29) is 12.0 Å². The molecule has 0 aromatic heterocycles. The molecule has 1 aliphatic rings. The predicted molar refractivity (Wildman–Crippen MR) is 126 cm³/mol. The van der Waals surface area contributed by atoms with Gasteiger partial charge in [-0.2, -0.15) is 0 Å². The number of nitrogens with one attached hydrogen (secondary N) is 3. The largest absolute Gasteiger partial charge is 0.376 e. The maximum atomic E-state index is 12.5. The lowest BCUT2D eigenvalue weighted by molar-refractivity contribution is 0.0857. The van der Waals surface area contributed by atoms with E-state index >= 15 is 0 Å². The van der Waals surface area contributed by atoms with Crippen LogP contribution in [0.25, 0.3) is 0 Å². The van der Waals surface area contributed by atoms with Crippen LogP contribution in [0.15, 0.2) is 53.5 Å². The zero-order chi connectivity index (χ0) is 22.1. The molecule has 31 heavy (non-hydrogen) atoms. The van der Waals surface area contributed by atoms with Gasteiger partial charge in [-0.25, -0.2) is 0 Å². The summed E-state index contributed by atoms with van der Waals surface area (Å²) in [6.45, 7) is 7.03. The quantitative estimate of drug-likeness (QED) is 0.450. The van der Waals surface area contributed by atoms with Gasteiger partial charge in [0.15, 0.2) is 5.96 Å². The Balaban J connectivity index is 1.46. The van der Waals surface area contributed by atoms with Crippen molar-refractivity contribution in [2.24, 2.45) is 4.99 Å². The molecule has 3 N–H and O–H groups in total. The number of carbonyl (C=O) groups is 1. The lowest BCUT2D eigenvalue weighted by Gasteiger charge is -2.17. The number of guanidine groups is 1. The highest BCUT2D eigenvalue weighted by Crippen LogP contribution is 2.15. The molecule has 1 saturated heterocycles. The minimum atomic E-state index is -0.0632. The Bertz CT molecular complexity index is 873. The first-order valence-corrected chi connectivity index (χ1v) is 11.0. The third-order valence-corrected chi connectivity index (χ3v) is 5.61. The van der Waals surface area contributed by atoms with E-state index in [2.05, 4.69) is 59.1 Å². The highest BCUT2D eigenvalue weighted by atomic mass is 16.5. The summed E-state index contributed by atoms with van der Waals surface area (Å²) in [5.41, 5.74) is 4.26. The van der Waals surface area contributed by atoms with Crippen molar-refractivity contribution in [3.05, 3.63) is 70.8 Å². The van der Waals surface area contributed by atoms with Crippen molar-refractivity contribution in [1.29, 1.82) is 0 Å². The van der Waals surface area contributed by atoms with Crippen LogP contribution in [-0.2, 0) is 11.3 Å². The summed E-state index contributed by atoms with van der Waals surface area (Å²) in [6.07, 6.45) is 2.23. The van der Waals surface area contributed by atoms with Crippen LogP contribution < -0.4 is 16.0 Å². The molecular formula is C25H34N4O2. The van der Waals surface area contributed by atoms with Gasteiger partial charge in [-0.15, -0.1) is 0 Å². The Labute approximate surface area is 185 Å². The number of carbonyl (C=O) groups excluding carboxylic acids is 1. The molecule has 2 aromatic rings. The van der Waals surface area contributed by atoms with Gasteiger partial charge in [-0.3, -0.25) is 9.79 Å². The minimum Gasteiger partial charge on any atom is -0.376 e. The fraction of sp³-hybridized carbons (Fsp3) is 0.440. The Morgan fingerprint density at radius 2 is 1.97 bits per heavy atom. The van der Waals surface area contributed by atoms with E-state index in [0.717, 1.165) is 37.5 Å². The van der Waals surface area contributed by atoms with Gasteiger partial charge in [-0.1, -0.05) is 48.9 Å². The van der Waals surface area contributed by atoms with Gasteiger partial charge >= 0.3 is 0 Å². The summed E-state index contributed by atoms with van der Waals surface area (Å²) in [4.78, 5) is 16.8. The molecule has 2 aromatic carbocycles. The summed E-state index contributed by atoms with van der Waals surface area (Å²) in [5, 5.41) is 9.69. The van der Waals surface area contributed by atoms with Gasteiger partial charge in [0, 0.05) is 38.9 Å². The van der Waals surface area contributed by atoms with E-state index in [1.54, 1.807) is 7.05 Å². The summed E-state index contributed by atoms with van der Waals surface area (Å²) in [5.74, 6) is 1.05. The Morgan fingerprint density at radius 1 is 1.16 bits per heavy atom. The first-order valence-electron chi connectivity index (χ1n) is 11.0. The molecule has 2 atom stereocenters. The van der Waals surface area contributed by atoms with Crippen LogP contribution in [0, 0.1) is 6.92 Å². The number of hydrogen-bond acceptors (Lipinski definition) is 3. The van der Waals surface area contributed by atoms with Crippen molar-refractivity contribution in [3.8, 4) is 0 Å². The molecule has 6 heteroatoms. The fourth-order valence-electron chi connectivity index (χ4n) is 3.61. The molecular weight excluding hydrogens is 388 g/mol. The standard InChI is InChI=1S/C25H34N4O2/c1-18-9-11-21(12-10-18)19(2)15-28-25(26-3)29-16-20-6-4-7-22(14-20)24(30)27-17-23-8-5-13-31-23/h4,6-7,9-12,14,19,23H,5,8,13,15-17H2,1-3H3,(H,27,30)(H2,26,28,29). The summed E-state index contributed by atoms with van der Waals surface area (Å²) >= 11 is 0. The number of hydrogen-bond donors (Lipinski definition) is 3. The highest BCUT2D eigenvalue weighted by molar-refractivity contribution is 5.94. The normalized spacial score (nSPS) is 17.3. The van der Waals surface area contributed by atoms with Crippen LogP contribution in [0.1, 0.15) is 52.7 Å². The zero-order valence-electron chi connectivity index (χ0n) is 18.8. The van der Waals surface area contributed by atoms with Crippen LogP contribution in [-0.4, -0.2) is 44.7 Å². The van der Waals surface area contributed by atoms with Gasteiger partial charge in [0.1, 0.15) is 0 Å². The first kappa shape index (κ1) is 22.8. The van der Waals surface area contributed by atoms with Gasteiger partial charge in [0.25, 0.3) is 5.91 Å². The van der Waals surface area contributed by atoms with E-state index in [1.165, 1.54) is 11.1 Å². The average molecular weight is 423 g/mol. The number of aryl methyl sites for hydroxylation is 1. The lowest BCUT2D eigenvalue weighted by atomic mass is 10.0. The summed E-state index contributed by atoms with van der Waals surface area (Å²) in [7, 11) is 1.76. The molecule has 0 radical (unpaired) electrons. The molecule has 166 valence electrons. The van der Waals surface area contributed by atoms with Crippen LogP contribution in [0.2, 0.25) is 0 Å². The Kier molecular flexibility index (Phi) is 8.47. The van der Waals surface area contributed by atoms with Crippen molar-refractivity contribution >= 4 is 11.9 Å². The highest BCUT2D eigenvalue weighted by Gasteiger charge is 2.16. The minimum absolute atomic E-state index is 0.0632. The summed E-state index contributed by atoms with van der Waals surface area (Å²) < 4.78 is 5.57. The number of aliphatic imine (C=N–C) groups is 1. The van der Waals surface area contributed by atoms with Crippen LogP contribution in [0.3, 0.4) is 0 Å². The third kappa shape index (κ3) is 7.10. The van der Waals surface area contributed by atoms with Crippen molar-refractivity contribution in [2.45, 2.75) is 45.3 Å². The monoisotopic (exact) mass is 422 g/mol. The molecule has 3 rings (SSSR count). The van der Waals surface area contributed by atoms with Crippen LogP contribution in [0.5, 0.6) is 0 Å². The van der Waals surface area contributed by atoms with Crippen molar-refractivity contribution in [2.75, 3.05) is 26.7 Å². The smallest absolute Gasteiger partial charge is 0.251 e. The number of ether oxygens (including phenoxy) is 1. The van der Waals surface area contributed by atoms with E-state index < -0.39 is 0 Å². The maximum absolute atomic E-state index is 12.5. The van der Waals surface area contributed by atoms with Crippen molar-refractivity contribution in [1.82, 2.24) is 16.0 Å². The van der Waals surface area contributed by atoms with E-state index in [1.807, 2.05) is 24.3 Å². The number of nitrogens with zero attached hydrogens (tertiary/aromatic N) is 1. The molecule has 0 spiro atoms. The zero-order valence-corrected chi connectivity index (χ0v) is 18.8. The maximum Gasteiger partial charge on any atom is 0.251 e. The second-order valence-electron chi connectivity index (χ2n) is 8.16. The molecule has 0 bridgehead atoms. The predicted octanol–water partition coefficient (Wildman–Crippen LogP) is 3.37. The molecule has 0 saturated carbocycles. The number of benzene rings is 2. The molecule has 0 aliphatic carbocycles. The van der Waals surface area contributed by atoms with E-state index in [0.29, 0.717) is 24.6 Å². The van der Waals surface area contributed by atoms with Gasteiger partial charge in [0.2, 0.25) is 0 Å². The van der Waals surface area contributed by atoms with Crippen molar-refractivity contribution < 1.29 is 9.53 Å². The number of amides is 1. The molecule has 1 amide bonds. The second kappa shape index (κ2) is 11.5. The molecule has 1 heterocycles.